The Morgan fingerprint density at radius 3 is 2.59 bits per heavy atom. The second-order valence-corrected chi connectivity index (χ2v) is 10.5. The van der Waals surface area contributed by atoms with Crippen molar-refractivity contribution in [3.8, 4) is 0 Å². The fraction of sp³-hybridized carbons (Fsp3) is 0.208. The van der Waals surface area contributed by atoms with E-state index in [0.717, 1.165) is 6.42 Å². The molecule has 0 saturated carbocycles. The molecule has 0 aliphatic heterocycles. The Morgan fingerprint density at radius 2 is 1.88 bits per heavy atom. The molecule has 1 aromatic carbocycles. The van der Waals surface area contributed by atoms with Crippen LogP contribution in [-0.4, -0.2) is 28.2 Å². The first-order valence-electron chi connectivity index (χ1n) is 10.2. The summed E-state index contributed by atoms with van der Waals surface area (Å²) in [5.41, 5.74) is 1.88. The lowest BCUT2D eigenvalue weighted by Crippen LogP contribution is -2.33. The Bertz CT molecular complexity index is 1170. The number of aromatic nitrogens is 1. The number of carbonyl (C=O) groups is 2. The topological polar surface area (TPSA) is 62.3 Å². The average Bonchev–Trinajstić information content (AvgIpc) is 3.55. The van der Waals surface area contributed by atoms with E-state index in [1.165, 1.54) is 38.0 Å². The molecule has 4 rings (SSSR count). The standard InChI is InChI=1S/C24H23N3O2S3/c1-17-9-10-20(32-17)15-27(12-11-18-6-3-2-4-7-18)22(28)14-19-16-31-24(25-19)26-23(29)21-8-5-13-30-21/h2-10,13,16H,11-12,14-15H2,1H3,(H,25,26,29). The summed E-state index contributed by atoms with van der Waals surface area (Å²) < 4.78 is 0. The van der Waals surface area contributed by atoms with Crippen molar-refractivity contribution in [3.05, 3.63) is 91.2 Å². The van der Waals surface area contributed by atoms with Crippen molar-refractivity contribution in [1.82, 2.24) is 9.88 Å². The fourth-order valence-corrected chi connectivity index (χ4v) is 5.47. The normalized spacial score (nSPS) is 10.8. The third-order valence-electron chi connectivity index (χ3n) is 4.86. The predicted molar refractivity (Wildman–Crippen MR) is 133 cm³/mol. The lowest BCUT2D eigenvalue weighted by molar-refractivity contribution is -0.131. The van der Waals surface area contributed by atoms with Gasteiger partial charge in [0.2, 0.25) is 5.91 Å². The molecule has 0 atom stereocenters. The zero-order valence-corrected chi connectivity index (χ0v) is 20.1. The molecule has 0 saturated heterocycles. The maximum absolute atomic E-state index is 13.2. The summed E-state index contributed by atoms with van der Waals surface area (Å²) in [5, 5.41) is 7.02. The number of thiazole rings is 1. The molecule has 0 unspecified atom stereocenters. The van der Waals surface area contributed by atoms with E-state index in [1.54, 1.807) is 17.4 Å². The van der Waals surface area contributed by atoms with Gasteiger partial charge < -0.3 is 4.90 Å². The molecule has 0 aliphatic rings. The van der Waals surface area contributed by atoms with Crippen molar-refractivity contribution in [2.45, 2.75) is 26.3 Å². The van der Waals surface area contributed by atoms with E-state index >= 15 is 0 Å². The minimum Gasteiger partial charge on any atom is -0.337 e. The number of carbonyl (C=O) groups excluding carboxylic acids is 2. The van der Waals surface area contributed by atoms with Gasteiger partial charge in [-0.1, -0.05) is 36.4 Å². The second-order valence-electron chi connectivity index (χ2n) is 7.32. The summed E-state index contributed by atoms with van der Waals surface area (Å²) in [5.74, 6) is -0.141. The third-order valence-corrected chi connectivity index (χ3v) is 7.52. The number of hydrogen-bond acceptors (Lipinski definition) is 6. The lowest BCUT2D eigenvalue weighted by Gasteiger charge is -2.22. The van der Waals surface area contributed by atoms with Crippen molar-refractivity contribution >= 4 is 51.0 Å². The second kappa shape index (κ2) is 10.7. The van der Waals surface area contributed by atoms with Gasteiger partial charge in [-0.15, -0.1) is 34.0 Å². The number of aryl methyl sites for hydroxylation is 1. The number of amides is 2. The van der Waals surface area contributed by atoms with Gasteiger partial charge in [-0.2, -0.15) is 0 Å². The first-order chi connectivity index (χ1) is 15.6. The first kappa shape index (κ1) is 22.4. The van der Waals surface area contributed by atoms with E-state index in [1.807, 2.05) is 39.9 Å². The van der Waals surface area contributed by atoms with E-state index in [-0.39, 0.29) is 18.2 Å². The molecule has 0 fully saturated rings. The number of nitrogens with zero attached hydrogens (tertiary/aromatic N) is 2. The molecule has 3 aromatic heterocycles. The van der Waals surface area contributed by atoms with Gasteiger partial charge in [0, 0.05) is 21.7 Å². The van der Waals surface area contributed by atoms with Crippen molar-refractivity contribution in [1.29, 1.82) is 0 Å². The van der Waals surface area contributed by atoms with Crippen LogP contribution in [0.5, 0.6) is 0 Å². The minimum absolute atomic E-state index is 0.0356. The van der Waals surface area contributed by atoms with Crippen LogP contribution >= 0.6 is 34.0 Å². The number of nitrogens with one attached hydrogen (secondary N) is 1. The van der Waals surface area contributed by atoms with Gasteiger partial charge in [-0.05, 0) is 42.5 Å². The van der Waals surface area contributed by atoms with Crippen molar-refractivity contribution in [2.24, 2.45) is 0 Å². The zero-order chi connectivity index (χ0) is 22.3. The van der Waals surface area contributed by atoms with E-state index in [2.05, 4.69) is 41.5 Å². The monoisotopic (exact) mass is 481 g/mol. The van der Waals surface area contributed by atoms with Gasteiger partial charge in [0.1, 0.15) is 0 Å². The number of thiophene rings is 2. The molecular weight excluding hydrogens is 458 g/mol. The quantitative estimate of drug-likeness (QED) is 0.336. The van der Waals surface area contributed by atoms with Crippen LogP contribution in [-0.2, 0) is 24.2 Å². The Kier molecular flexibility index (Phi) is 7.47. The first-order valence-corrected chi connectivity index (χ1v) is 12.8. The van der Waals surface area contributed by atoms with Crippen LogP contribution in [0, 0.1) is 6.92 Å². The molecule has 164 valence electrons. The molecule has 0 radical (unpaired) electrons. The molecule has 0 spiro atoms. The Balaban J connectivity index is 1.40. The van der Waals surface area contributed by atoms with Crippen molar-refractivity contribution in [3.63, 3.8) is 0 Å². The van der Waals surface area contributed by atoms with Gasteiger partial charge in [-0.3, -0.25) is 14.9 Å². The maximum Gasteiger partial charge on any atom is 0.267 e. The highest BCUT2D eigenvalue weighted by atomic mass is 32.1. The Labute approximate surface area is 199 Å². The van der Waals surface area contributed by atoms with Gasteiger partial charge in [0.15, 0.2) is 5.13 Å². The summed E-state index contributed by atoms with van der Waals surface area (Å²) in [6.45, 7) is 3.31. The van der Waals surface area contributed by atoms with Crippen LogP contribution in [0.1, 0.15) is 30.7 Å². The largest absolute Gasteiger partial charge is 0.337 e. The van der Waals surface area contributed by atoms with Crippen molar-refractivity contribution in [2.75, 3.05) is 11.9 Å². The van der Waals surface area contributed by atoms with E-state index in [4.69, 9.17) is 0 Å². The number of hydrogen-bond donors (Lipinski definition) is 1. The molecule has 5 nitrogen and oxygen atoms in total. The van der Waals surface area contributed by atoms with Crippen LogP contribution in [0.3, 0.4) is 0 Å². The number of anilines is 1. The third kappa shape index (κ3) is 6.12. The van der Waals surface area contributed by atoms with Crippen LogP contribution in [0.25, 0.3) is 0 Å². The highest BCUT2D eigenvalue weighted by Gasteiger charge is 2.18. The number of benzene rings is 1. The average molecular weight is 482 g/mol. The molecule has 1 N–H and O–H groups in total. The maximum atomic E-state index is 13.2. The SMILES string of the molecule is Cc1ccc(CN(CCc2ccccc2)C(=O)Cc2csc(NC(=O)c3cccs3)n2)s1. The van der Waals surface area contributed by atoms with E-state index < -0.39 is 0 Å². The zero-order valence-electron chi connectivity index (χ0n) is 17.6. The highest BCUT2D eigenvalue weighted by Crippen LogP contribution is 2.21. The molecule has 4 aromatic rings. The van der Waals surface area contributed by atoms with Gasteiger partial charge in [-0.25, -0.2) is 4.98 Å². The smallest absolute Gasteiger partial charge is 0.267 e. The van der Waals surface area contributed by atoms with Crippen LogP contribution in [0.2, 0.25) is 0 Å². The summed E-state index contributed by atoms with van der Waals surface area (Å²) >= 11 is 4.44. The van der Waals surface area contributed by atoms with Crippen molar-refractivity contribution < 1.29 is 9.59 Å². The molecule has 3 heterocycles. The summed E-state index contributed by atoms with van der Waals surface area (Å²) in [4.78, 5) is 34.8. The molecule has 0 bridgehead atoms. The molecule has 8 heteroatoms. The fourth-order valence-electron chi connectivity index (χ4n) is 3.24. The van der Waals surface area contributed by atoms with E-state index in [9.17, 15) is 9.59 Å². The lowest BCUT2D eigenvalue weighted by atomic mass is 10.1. The Morgan fingerprint density at radius 1 is 1.03 bits per heavy atom. The van der Waals surface area contributed by atoms with E-state index in [0.29, 0.717) is 28.8 Å². The van der Waals surface area contributed by atoms with Crippen LogP contribution in [0.15, 0.2) is 65.4 Å². The molecular formula is C24H23N3O2S3. The van der Waals surface area contributed by atoms with Crippen LogP contribution in [0.4, 0.5) is 5.13 Å². The summed E-state index contributed by atoms with van der Waals surface area (Å²) in [7, 11) is 0. The summed E-state index contributed by atoms with van der Waals surface area (Å²) in [6, 6.07) is 18.0. The highest BCUT2D eigenvalue weighted by molar-refractivity contribution is 7.14. The Hall–Kier alpha value is -2.81. The van der Waals surface area contributed by atoms with Crippen LogP contribution < -0.4 is 5.32 Å². The molecule has 32 heavy (non-hydrogen) atoms. The molecule has 0 aliphatic carbocycles. The minimum atomic E-state index is -0.176. The predicted octanol–water partition coefficient (Wildman–Crippen LogP) is 5.64. The summed E-state index contributed by atoms with van der Waals surface area (Å²) in [6.07, 6.45) is 1.01. The van der Waals surface area contributed by atoms with Gasteiger partial charge >= 0.3 is 0 Å². The van der Waals surface area contributed by atoms with Gasteiger partial charge in [0.25, 0.3) is 5.91 Å². The number of rotatable bonds is 9. The van der Waals surface area contributed by atoms with Gasteiger partial charge in [0.05, 0.1) is 23.5 Å². The molecule has 2 amide bonds.